The molecule has 2 heterocycles. The topological polar surface area (TPSA) is 74.7 Å². The van der Waals surface area contributed by atoms with Gasteiger partial charge < -0.3 is 20.1 Å². The number of nitrogens with zero attached hydrogens (tertiary/aromatic N) is 2. The highest BCUT2D eigenvalue weighted by molar-refractivity contribution is 5.81. The maximum Gasteiger partial charge on any atom is 0.252 e. The zero-order valence-electron chi connectivity index (χ0n) is 14.7. The summed E-state index contributed by atoms with van der Waals surface area (Å²) >= 11 is 0. The van der Waals surface area contributed by atoms with Crippen molar-refractivity contribution in [3.8, 4) is 12.3 Å². The molecular weight excluding hydrogens is 318 g/mol. The molecule has 1 saturated heterocycles. The largest absolute Gasteiger partial charge is 0.390 e. The quantitative estimate of drug-likeness (QED) is 0.675. The molecule has 6 nitrogen and oxygen atoms in total. The first-order valence-electron chi connectivity index (χ1n) is 8.73. The molecule has 0 bridgehead atoms. The first-order chi connectivity index (χ1) is 12.1. The second kappa shape index (κ2) is 10.1. The number of ether oxygens (including phenoxy) is 1. The summed E-state index contributed by atoms with van der Waals surface area (Å²) in [6.45, 7) is 1.93. The van der Waals surface area contributed by atoms with Gasteiger partial charge in [-0.15, -0.1) is 6.42 Å². The lowest BCUT2D eigenvalue weighted by Crippen LogP contribution is -2.49. The van der Waals surface area contributed by atoms with Crippen LogP contribution in [-0.4, -0.2) is 65.9 Å². The molecule has 2 N–H and O–H groups in total. The lowest BCUT2D eigenvalue weighted by Gasteiger charge is -2.33. The molecule has 1 amide bonds. The van der Waals surface area contributed by atoms with E-state index in [0.717, 1.165) is 38.0 Å². The molecule has 0 aliphatic carbocycles. The van der Waals surface area contributed by atoms with Gasteiger partial charge in [0, 0.05) is 31.4 Å². The number of aromatic nitrogens is 1. The molecule has 2 rings (SSSR count). The van der Waals surface area contributed by atoms with Crippen molar-refractivity contribution < 1.29 is 14.6 Å². The van der Waals surface area contributed by atoms with Crippen molar-refractivity contribution >= 4 is 5.91 Å². The zero-order chi connectivity index (χ0) is 18.1. The number of aliphatic hydroxyl groups excluding tert-OH is 1. The van der Waals surface area contributed by atoms with Crippen LogP contribution in [0.3, 0.4) is 0 Å². The van der Waals surface area contributed by atoms with Crippen LogP contribution in [0.25, 0.3) is 0 Å². The number of amides is 1. The molecule has 0 saturated carbocycles. The Morgan fingerprint density at radius 2 is 2.32 bits per heavy atom. The first-order valence-corrected chi connectivity index (χ1v) is 8.73. The van der Waals surface area contributed by atoms with Crippen molar-refractivity contribution in [2.75, 3.05) is 26.7 Å². The first kappa shape index (κ1) is 19.4. The number of rotatable bonds is 8. The van der Waals surface area contributed by atoms with Crippen LogP contribution < -0.4 is 5.32 Å². The van der Waals surface area contributed by atoms with Gasteiger partial charge in [0.2, 0.25) is 0 Å². The Labute approximate surface area is 149 Å². The van der Waals surface area contributed by atoms with E-state index in [1.165, 1.54) is 0 Å². The summed E-state index contributed by atoms with van der Waals surface area (Å²) in [5.74, 6) is 2.02. The molecule has 0 unspecified atom stereocenters. The van der Waals surface area contributed by atoms with E-state index in [9.17, 15) is 9.90 Å². The Morgan fingerprint density at radius 3 is 3.04 bits per heavy atom. The van der Waals surface area contributed by atoms with Gasteiger partial charge in [0.25, 0.3) is 5.91 Å². The van der Waals surface area contributed by atoms with Gasteiger partial charge in [0.15, 0.2) is 6.10 Å². The summed E-state index contributed by atoms with van der Waals surface area (Å²) in [6.07, 6.45) is 8.38. The number of carbonyl (C=O) groups is 1. The standard InChI is InChI=1S/C19H27N3O3/c1-3-11-21-19(24)18-17(23)8-7-16(25-18)10-14-22(2)13-9-15-6-4-5-12-20-15/h1,4-6,12,16-18,23H,7-11,13-14H2,2H3,(H,21,24)/t16-,17+,18+/m1/s1. The minimum Gasteiger partial charge on any atom is -0.390 e. The Kier molecular flexibility index (Phi) is 7.86. The van der Waals surface area contributed by atoms with Gasteiger partial charge in [-0.2, -0.15) is 0 Å². The highest BCUT2D eigenvalue weighted by atomic mass is 16.5. The predicted molar refractivity (Wildman–Crippen MR) is 95.8 cm³/mol. The fourth-order valence-corrected chi connectivity index (χ4v) is 2.89. The van der Waals surface area contributed by atoms with Gasteiger partial charge >= 0.3 is 0 Å². The van der Waals surface area contributed by atoms with Crippen LogP contribution in [-0.2, 0) is 16.0 Å². The number of hydrogen-bond acceptors (Lipinski definition) is 5. The van der Waals surface area contributed by atoms with Crippen LogP contribution in [0.5, 0.6) is 0 Å². The molecule has 136 valence electrons. The second-order valence-corrected chi connectivity index (χ2v) is 6.41. The van der Waals surface area contributed by atoms with Crippen molar-refractivity contribution in [1.29, 1.82) is 0 Å². The maximum absolute atomic E-state index is 12.0. The third-order valence-corrected chi connectivity index (χ3v) is 4.40. The molecule has 1 fully saturated rings. The van der Waals surface area contributed by atoms with Crippen LogP contribution in [0, 0.1) is 12.3 Å². The monoisotopic (exact) mass is 345 g/mol. The minimum absolute atomic E-state index is 0.0257. The van der Waals surface area contributed by atoms with Crippen molar-refractivity contribution in [2.45, 2.75) is 44.0 Å². The Morgan fingerprint density at radius 1 is 1.48 bits per heavy atom. The van der Waals surface area contributed by atoms with Gasteiger partial charge in [-0.25, -0.2) is 0 Å². The van der Waals surface area contributed by atoms with E-state index in [-0.39, 0.29) is 18.6 Å². The van der Waals surface area contributed by atoms with Crippen molar-refractivity contribution in [2.24, 2.45) is 0 Å². The van der Waals surface area contributed by atoms with Gasteiger partial charge in [-0.1, -0.05) is 12.0 Å². The van der Waals surface area contributed by atoms with Gasteiger partial charge in [0.1, 0.15) is 0 Å². The molecular formula is C19H27N3O3. The highest BCUT2D eigenvalue weighted by Crippen LogP contribution is 2.22. The smallest absolute Gasteiger partial charge is 0.252 e. The maximum atomic E-state index is 12.0. The van der Waals surface area contributed by atoms with Crippen LogP contribution in [0.2, 0.25) is 0 Å². The molecule has 1 aromatic heterocycles. The molecule has 25 heavy (non-hydrogen) atoms. The zero-order valence-corrected chi connectivity index (χ0v) is 14.7. The van der Waals surface area contributed by atoms with Crippen LogP contribution >= 0.6 is 0 Å². The molecule has 0 aromatic carbocycles. The van der Waals surface area contributed by atoms with E-state index >= 15 is 0 Å². The number of hydrogen-bond donors (Lipinski definition) is 2. The van der Waals surface area contributed by atoms with Crippen LogP contribution in [0.4, 0.5) is 0 Å². The normalized spacial score (nSPS) is 23.2. The molecule has 1 aliphatic heterocycles. The minimum atomic E-state index is -0.828. The Balaban J connectivity index is 1.72. The molecule has 1 aliphatic rings. The molecule has 0 spiro atoms. The van der Waals surface area contributed by atoms with Crippen LogP contribution in [0.15, 0.2) is 24.4 Å². The number of pyridine rings is 1. The van der Waals surface area contributed by atoms with Crippen molar-refractivity contribution in [3.05, 3.63) is 30.1 Å². The summed E-state index contributed by atoms with van der Waals surface area (Å²) in [6, 6.07) is 5.94. The van der Waals surface area contributed by atoms with Crippen LogP contribution in [0.1, 0.15) is 25.0 Å². The lowest BCUT2D eigenvalue weighted by atomic mass is 9.98. The summed E-state index contributed by atoms with van der Waals surface area (Å²) in [5, 5.41) is 12.6. The van der Waals surface area contributed by atoms with Gasteiger partial charge in [-0.05, 0) is 38.4 Å². The fourth-order valence-electron chi connectivity index (χ4n) is 2.89. The van der Waals surface area contributed by atoms with E-state index in [1.807, 2.05) is 24.4 Å². The number of likely N-dealkylation sites (N-methyl/N-ethyl adjacent to an activating group) is 1. The third kappa shape index (κ3) is 6.46. The van der Waals surface area contributed by atoms with Gasteiger partial charge in [0.05, 0.1) is 18.8 Å². The summed E-state index contributed by atoms with van der Waals surface area (Å²) in [4.78, 5) is 18.6. The highest BCUT2D eigenvalue weighted by Gasteiger charge is 2.34. The number of carbonyl (C=O) groups excluding carboxylic acids is 1. The van der Waals surface area contributed by atoms with Crippen molar-refractivity contribution in [3.63, 3.8) is 0 Å². The Bertz CT molecular complexity index is 573. The average Bonchev–Trinajstić information content (AvgIpc) is 2.64. The van der Waals surface area contributed by atoms with E-state index in [1.54, 1.807) is 0 Å². The molecule has 3 atom stereocenters. The summed E-state index contributed by atoms with van der Waals surface area (Å²) in [7, 11) is 2.07. The molecule has 6 heteroatoms. The third-order valence-electron chi connectivity index (χ3n) is 4.40. The van der Waals surface area contributed by atoms with E-state index in [2.05, 4.69) is 28.2 Å². The Hall–Kier alpha value is -1.94. The number of aliphatic hydroxyl groups is 1. The summed E-state index contributed by atoms with van der Waals surface area (Å²) in [5.41, 5.74) is 1.08. The summed E-state index contributed by atoms with van der Waals surface area (Å²) < 4.78 is 5.80. The lowest BCUT2D eigenvalue weighted by molar-refractivity contribution is -0.158. The SMILES string of the molecule is C#CCNC(=O)[C@H]1O[C@@H](CCN(C)CCc2ccccn2)CC[C@@H]1O. The number of nitrogens with one attached hydrogen (secondary N) is 1. The molecule has 1 aromatic rings. The predicted octanol–water partition coefficient (Wildman–Crippen LogP) is 0.604. The van der Waals surface area contributed by atoms with E-state index in [0.29, 0.717) is 6.42 Å². The number of terminal acetylenes is 1. The van der Waals surface area contributed by atoms with Crippen molar-refractivity contribution in [1.82, 2.24) is 15.2 Å². The van der Waals surface area contributed by atoms with E-state index in [4.69, 9.17) is 11.2 Å². The second-order valence-electron chi connectivity index (χ2n) is 6.41. The fraction of sp³-hybridized carbons (Fsp3) is 0.579. The molecule has 0 radical (unpaired) electrons. The van der Waals surface area contributed by atoms with E-state index < -0.39 is 12.2 Å². The average molecular weight is 345 g/mol. The van der Waals surface area contributed by atoms with Gasteiger partial charge in [-0.3, -0.25) is 9.78 Å².